The lowest BCUT2D eigenvalue weighted by atomic mass is 10.0. The minimum Gasteiger partial charge on any atom is -0.371 e. The van der Waals surface area contributed by atoms with Crippen molar-refractivity contribution >= 4 is 5.69 Å². The van der Waals surface area contributed by atoms with Crippen LogP contribution in [0.15, 0.2) is 55.1 Å². The second-order valence-electron chi connectivity index (χ2n) is 5.72. The van der Waals surface area contributed by atoms with E-state index < -0.39 is 0 Å². The van der Waals surface area contributed by atoms with Crippen LogP contribution in [0.25, 0.3) is 11.4 Å². The highest BCUT2D eigenvalue weighted by Gasteiger charge is 2.22. The predicted molar refractivity (Wildman–Crippen MR) is 88.0 cm³/mol. The van der Waals surface area contributed by atoms with Crippen LogP contribution < -0.4 is 4.90 Å². The van der Waals surface area contributed by atoms with Crippen LogP contribution in [-0.2, 0) is 0 Å². The van der Waals surface area contributed by atoms with E-state index in [1.807, 2.05) is 41.5 Å². The van der Waals surface area contributed by atoms with Gasteiger partial charge < -0.3 is 4.90 Å². The van der Waals surface area contributed by atoms with E-state index in [2.05, 4.69) is 37.3 Å². The topological polar surface area (TPSA) is 59.7 Å². The summed E-state index contributed by atoms with van der Waals surface area (Å²) in [6, 6.07) is 10.4. The average molecular weight is 306 g/mol. The van der Waals surface area contributed by atoms with Crippen molar-refractivity contribution in [2.75, 3.05) is 18.0 Å². The van der Waals surface area contributed by atoms with E-state index in [4.69, 9.17) is 0 Å². The van der Waals surface area contributed by atoms with Gasteiger partial charge in [0.2, 0.25) is 0 Å². The molecule has 0 unspecified atom stereocenters. The van der Waals surface area contributed by atoms with Crippen molar-refractivity contribution in [2.24, 2.45) is 0 Å². The van der Waals surface area contributed by atoms with Crippen molar-refractivity contribution in [3.63, 3.8) is 0 Å². The Bertz CT molecular complexity index is 747. The Labute approximate surface area is 134 Å². The van der Waals surface area contributed by atoms with E-state index in [9.17, 15) is 0 Å². The molecule has 0 saturated carbocycles. The van der Waals surface area contributed by atoms with E-state index in [-0.39, 0.29) is 0 Å². The molecule has 3 aromatic heterocycles. The molecule has 116 valence electrons. The fourth-order valence-corrected chi connectivity index (χ4v) is 3.03. The highest BCUT2D eigenvalue weighted by Crippen LogP contribution is 2.26. The second-order valence-corrected chi connectivity index (χ2v) is 5.72. The first kappa shape index (κ1) is 13.9. The number of hydrogen-bond acceptors (Lipinski definition) is 5. The van der Waals surface area contributed by atoms with Crippen LogP contribution in [0.5, 0.6) is 0 Å². The molecule has 1 saturated heterocycles. The summed E-state index contributed by atoms with van der Waals surface area (Å²) in [5.74, 6) is 0. The standard InChI is InChI=1S/C17H18N6/c1-2-8-19-16(3-1)17-13-23(21-20-17)15-6-11-22(12-7-15)14-4-9-18-10-5-14/h1-5,8-10,13,15H,6-7,11-12H2. The summed E-state index contributed by atoms with van der Waals surface area (Å²) in [4.78, 5) is 10.8. The first-order chi connectivity index (χ1) is 11.4. The smallest absolute Gasteiger partial charge is 0.131 e. The number of nitrogens with zero attached hydrogens (tertiary/aromatic N) is 6. The van der Waals surface area contributed by atoms with Crippen LogP contribution >= 0.6 is 0 Å². The SMILES string of the molecule is c1ccc(-c2cn(C3CCN(c4ccncc4)CC3)nn2)nc1. The highest BCUT2D eigenvalue weighted by atomic mass is 15.4. The summed E-state index contributed by atoms with van der Waals surface area (Å²) in [6.07, 6.45) is 9.60. The molecule has 3 aromatic rings. The van der Waals surface area contributed by atoms with E-state index in [0.29, 0.717) is 6.04 Å². The molecule has 23 heavy (non-hydrogen) atoms. The predicted octanol–water partition coefficient (Wildman–Crippen LogP) is 2.58. The van der Waals surface area contributed by atoms with Gasteiger partial charge in [0, 0.05) is 37.4 Å². The fourth-order valence-electron chi connectivity index (χ4n) is 3.03. The van der Waals surface area contributed by atoms with Crippen molar-refractivity contribution in [3.8, 4) is 11.4 Å². The van der Waals surface area contributed by atoms with Gasteiger partial charge in [-0.1, -0.05) is 11.3 Å². The van der Waals surface area contributed by atoms with Gasteiger partial charge in [0.05, 0.1) is 17.9 Å². The Hall–Kier alpha value is -2.76. The molecule has 6 nitrogen and oxygen atoms in total. The molecule has 1 fully saturated rings. The molecule has 6 heteroatoms. The van der Waals surface area contributed by atoms with Crippen molar-refractivity contribution in [1.82, 2.24) is 25.0 Å². The monoisotopic (exact) mass is 306 g/mol. The van der Waals surface area contributed by atoms with Crippen molar-refractivity contribution in [2.45, 2.75) is 18.9 Å². The molecule has 0 amide bonds. The lowest BCUT2D eigenvalue weighted by Gasteiger charge is -2.33. The molecule has 0 aliphatic carbocycles. The minimum absolute atomic E-state index is 0.401. The largest absolute Gasteiger partial charge is 0.371 e. The van der Waals surface area contributed by atoms with Crippen LogP contribution in [0.2, 0.25) is 0 Å². The number of rotatable bonds is 3. The van der Waals surface area contributed by atoms with Gasteiger partial charge in [0.1, 0.15) is 5.69 Å². The number of pyridine rings is 2. The summed E-state index contributed by atoms with van der Waals surface area (Å²) in [5, 5.41) is 8.58. The molecular formula is C17H18N6. The molecule has 1 aliphatic rings. The maximum absolute atomic E-state index is 4.33. The lowest BCUT2D eigenvalue weighted by molar-refractivity contribution is 0.360. The summed E-state index contributed by atoms with van der Waals surface area (Å²) in [7, 11) is 0. The zero-order chi connectivity index (χ0) is 15.5. The Balaban J connectivity index is 1.44. The molecule has 0 bridgehead atoms. The van der Waals surface area contributed by atoms with Crippen molar-refractivity contribution in [1.29, 1.82) is 0 Å². The summed E-state index contributed by atoms with van der Waals surface area (Å²) >= 11 is 0. The molecule has 0 N–H and O–H groups in total. The molecule has 4 rings (SSSR count). The van der Waals surface area contributed by atoms with E-state index in [1.54, 1.807) is 6.20 Å². The maximum Gasteiger partial charge on any atom is 0.131 e. The van der Waals surface area contributed by atoms with Gasteiger partial charge in [-0.15, -0.1) is 5.10 Å². The van der Waals surface area contributed by atoms with Crippen LogP contribution in [-0.4, -0.2) is 38.1 Å². The molecule has 0 spiro atoms. The Morgan fingerprint density at radius 1 is 0.913 bits per heavy atom. The molecule has 0 atom stereocenters. The zero-order valence-corrected chi connectivity index (χ0v) is 12.8. The van der Waals surface area contributed by atoms with Crippen LogP contribution in [0.1, 0.15) is 18.9 Å². The number of aromatic nitrogens is 5. The third-order valence-corrected chi connectivity index (χ3v) is 4.30. The third-order valence-electron chi connectivity index (χ3n) is 4.30. The van der Waals surface area contributed by atoms with Crippen LogP contribution in [0.3, 0.4) is 0 Å². The average Bonchev–Trinajstić information content (AvgIpc) is 3.14. The van der Waals surface area contributed by atoms with Crippen LogP contribution in [0, 0.1) is 0 Å². The van der Waals surface area contributed by atoms with Gasteiger partial charge in [-0.05, 0) is 37.1 Å². The molecule has 0 radical (unpaired) electrons. The van der Waals surface area contributed by atoms with Gasteiger partial charge in [0.15, 0.2) is 0 Å². The molecule has 4 heterocycles. The van der Waals surface area contributed by atoms with Gasteiger partial charge in [0.25, 0.3) is 0 Å². The van der Waals surface area contributed by atoms with Crippen LogP contribution in [0.4, 0.5) is 5.69 Å². The summed E-state index contributed by atoms with van der Waals surface area (Å²) < 4.78 is 1.99. The normalized spacial score (nSPS) is 15.7. The lowest BCUT2D eigenvalue weighted by Crippen LogP contribution is -2.34. The Kier molecular flexibility index (Phi) is 3.71. The van der Waals surface area contributed by atoms with E-state index in [1.165, 1.54) is 5.69 Å². The van der Waals surface area contributed by atoms with Gasteiger partial charge in [-0.3, -0.25) is 9.97 Å². The second kappa shape index (κ2) is 6.16. The summed E-state index contributed by atoms with van der Waals surface area (Å²) in [6.45, 7) is 2.04. The molecule has 1 aliphatic heterocycles. The third kappa shape index (κ3) is 2.92. The van der Waals surface area contributed by atoms with E-state index in [0.717, 1.165) is 37.3 Å². The first-order valence-corrected chi connectivity index (χ1v) is 7.88. The number of anilines is 1. The van der Waals surface area contributed by atoms with E-state index >= 15 is 0 Å². The number of hydrogen-bond donors (Lipinski definition) is 0. The first-order valence-electron chi connectivity index (χ1n) is 7.88. The van der Waals surface area contributed by atoms with Gasteiger partial charge in [-0.25, -0.2) is 4.68 Å². The van der Waals surface area contributed by atoms with Gasteiger partial charge >= 0.3 is 0 Å². The Morgan fingerprint density at radius 3 is 2.48 bits per heavy atom. The molecular weight excluding hydrogens is 288 g/mol. The Morgan fingerprint density at radius 2 is 1.74 bits per heavy atom. The van der Waals surface area contributed by atoms with Crippen molar-refractivity contribution < 1.29 is 0 Å². The number of piperidine rings is 1. The van der Waals surface area contributed by atoms with Crippen molar-refractivity contribution in [3.05, 3.63) is 55.1 Å². The van der Waals surface area contributed by atoms with Gasteiger partial charge in [-0.2, -0.15) is 0 Å². The molecule has 0 aromatic carbocycles. The quantitative estimate of drug-likeness (QED) is 0.744. The fraction of sp³-hybridized carbons (Fsp3) is 0.294. The minimum atomic E-state index is 0.401. The maximum atomic E-state index is 4.33. The zero-order valence-electron chi connectivity index (χ0n) is 12.8. The summed E-state index contributed by atoms with van der Waals surface area (Å²) in [5.41, 5.74) is 2.95. The highest BCUT2D eigenvalue weighted by molar-refractivity contribution is 5.51.